The van der Waals surface area contributed by atoms with E-state index in [2.05, 4.69) is 5.10 Å². The van der Waals surface area contributed by atoms with Crippen molar-refractivity contribution >= 4 is 17.7 Å². The quantitative estimate of drug-likeness (QED) is 0.530. The van der Waals surface area contributed by atoms with Crippen molar-refractivity contribution < 1.29 is 19.2 Å². The number of ether oxygens (including phenoxy) is 1. The van der Waals surface area contributed by atoms with Crippen molar-refractivity contribution in [2.24, 2.45) is 0 Å². The zero-order chi connectivity index (χ0) is 23.6. The maximum Gasteiger partial charge on any atom is 0.410 e. The van der Waals surface area contributed by atoms with Crippen LogP contribution in [-0.4, -0.2) is 68.3 Å². The van der Waals surface area contributed by atoms with Crippen LogP contribution in [0.2, 0.25) is 0 Å². The van der Waals surface area contributed by atoms with E-state index in [-0.39, 0.29) is 17.7 Å². The molecule has 0 aliphatic carbocycles. The third kappa shape index (κ3) is 5.24. The first-order chi connectivity index (χ1) is 15.0. The number of carbonyl (C=O) groups excluding carboxylic acids is 2. The Hall–Kier alpha value is -3.43. The standard InChI is InChI=1S/C22H29N5O5/c1-15-19(27(30)31)16(2)26(23-15)14-17-6-8-18(9-7-17)20(28)24-10-12-25(13-11-24)21(29)32-22(3,4)5/h6-9H,10-14H2,1-5H3. The molecule has 0 atom stereocenters. The van der Waals surface area contributed by atoms with Crippen LogP contribution in [0.3, 0.4) is 0 Å². The van der Waals surface area contributed by atoms with Gasteiger partial charge in [0.25, 0.3) is 5.91 Å². The molecule has 2 aromatic rings. The van der Waals surface area contributed by atoms with Crippen LogP contribution in [0.25, 0.3) is 0 Å². The minimum atomic E-state index is -0.551. The van der Waals surface area contributed by atoms with Crippen LogP contribution in [0.1, 0.15) is 48.1 Å². The minimum Gasteiger partial charge on any atom is -0.444 e. The molecule has 10 heteroatoms. The Morgan fingerprint density at radius 1 is 1.06 bits per heavy atom. The van der Waals surface area contributed by atoms with Gasteiger partial charge in [-0.05, 0) is 52.3 Å². The molecule has 0 saturated carbocycles. The van der Waals surface area contributed by atoms with Gasteiger partial charge in [0.05, 0.1) is 11.5 Å². The zero-order valence-corrected chi connectivity index (χ0v) is 19.1. The van der Waals surface area contributed by atoms with E-state index in [4.69, 9.17) is 4.74 Å². The smallest absolute Gasteiger partial charge is 0.410 e. The second-order valence-corrected chi connectivity index (χ2v) is 8.89. The molecular weight excluding hydrogens is 414 g/mol. The number of piperazine rings is 1. The highest BCUT2D eigenvalue weighted by atomic mass is 16.6. The highest BCUT2D eigenvalue weighted by Gasteiger charge is 2.28. The van der Waals surface area contributed by atoms with Gasteiger partial charge in [0.2, 0.25) is 0 Å². The lowest BCUT2D eigenvalue weighted by molar-refractivity contribution is -0.386. The predicted octanol–water partition coefficient (Wildman–Crippen LogP) is 3.15. The fraction of sp³-hybridized carbons (Fsp3) is 0.500. The Labute approximate surface area is 186 Å². The molecule has 172 valence electrons. The summed E-state index contributed by atoms with van der Waals surface area (Å²) >= 11 is 0. The molecule has 0 bridgehead atoms. The lowest BCUT2D eigenvalue weighted by Gasteiger charge is -2.35. The van der Waals surface area contributed by atoms with Gasteiger partial charge in [-0.2, -0.15) is 5.10 Å². The Bertz CT molecular complexity index is 1010. The summed E-state index contributed by atoms with van der Waals surface area (Å²) in [6.45, 7) is 10.9. The number of hydrogen-bond donors (Lipinski definition) is 0. The molecule has 0 spiro atoms. The summed E-state index contributed by atoms with van der Waals surface area (Å²) in [7, 11) is 0. The average molecular weight is 444 g/mol. The van der Waals surface area contributed by atoms with Crippen molar-refractivity contribution in [3.05, 3.63) is 56.9 Å². The van der Waals surface area contributed by atoms with Crippen LogP contribution in [-0.2, 0) is 11.3 Å². The molecule has 2 heterocycles. The van der Waals surface area contributed by atoms with Gasteiger partial charge in [-0.25, -0.2) is 4.79 Å². The number of hydrogen-bond acceptors (Lipinski definition) is 6. The Balaban J connectivity index is 1.60. The molecular formula is C22H29N5O5. The maximum absolute atomic E-state index is 12.9. The maximum atomic E-state index is 12.9. The lowest BCUT2D eigenvalue weighted by atomic mass is 10.1. The molecule has 0 N–H and O–H groups in total. The molecule has 2 amide bonds. The normalized spacial score (nSPS) is 14.4. The van der Waals surface area contributed by atoms with Crippen LogP contribution in [0.4, 0.5) is 10.5 Å². The van der Waals surface area contributed by atoms with Crippen molar-refractivity contribution in [1.29, 1.82) is 0 Å². The summed E-state index contributed by atoms with van der Waals surface area (Å²) in [5.74, 6) is -0.0952. The first-order valence-electron chi connectivity index (χ1n) is 10.5. The first-order valence-corrected chi connectivity index (χ1v) is 10.5. The van der Waals surface area contributed by atoms with E-state index in [1.165, 1.54) is 0 Å². The molecule has 1 aliphatic heterocycles. The van der Waals surface area contributed by atoms with E-state index in [0.717, 1.165) is 5.56 Å². The molecule has 1 fully saturated rings. The molecule has 1 aliphatic rings. The fourth-order valence-electron chi connectivity index (χ4n) is 3.63. The van der Waals surface area contributed by atoms with Gasteiger partial charge in [-0.15, -0.1) is 0 Å². The number of nitro groups is 1. The number of carbonyl (C=O) groups is 2. The first kappa shape index (κ1) is 23.2. The summed E-state index contributed by atoms with van der Waals surface area (Å²) in [6.07, 6.45) is -0.363. The van der Waals surface area contributed by atoms with Crippen molar-refractivity contribution in [3.63, 3.8) is 0 Å². The largest absolute Gasteiger partial charge is 0.444 e. The van der Waals surface area contributed by atoms with E-state index >= 15 is 0 Å². The van der Waals surface area contributed by atoms with Crippen LogP contribution in [0.15, 0.2) is 24.3 Å². The van der Waals surface area contributed by atoms with Gasteiger partial charge in [0.15, 0.2) is 0 Å². The lowest BCUT2D eigenvalue weighted by Crippen LogP contribution is -2.51. The van der Waals surface area contributed by atoms with Crippen LogP contribution < -0.4 is 0 Å². The molecule has 10 nitrogen and oxygen atoms in total. The monoisotopic (exact) mass is 443 g/mol. The number of aryl methyl sites for hydroxylation is 1. The summed E-state index contributed by atoms with van der Waals surface area (Å²) in [4.78, 5) is 39.1. The topological polar surface area (TPSA) is 111 Å². The van der Waals surface area contributed by atoms with Gasteiger partial charge in [0.1, 0.15) is 17.0 Å². The average Bonchev–Trinajstić information content (AvgIpc) is 3.00. The molecule has 1 aromatic heterocycles. The van der Waals surface area contributed by atoms with Crippen LogP contribution >= 0.6 is 0 Å². The van der Waals surface area contributed by atoms with E-state index in [9.17, 15) is 19.7 Å². The number of amides is 2. The number of rotatable bonds is 4. The molecule has 3 rings (SSSR count). The van der Waals surface area contributed by atoms with Crippen molar-refractivity contribution in [2.75, 3.05) is 26.2 Å². The summed E-state index contributed by atoms with van der Waals surface area (Å²) in [6, 6.07) is 7.15. The van der Waals surface area contributed by atoms with Gasteiger partial charge in [-0.1, -0.05) is 12.1 Å². The number of nitrogens with zero attached hydrogens (tertiary/aromatic N) is 5. The highest BCUT2D eigenvalue weighted by molar-refractivity contribution is 5.94. The molecule has 0 radical (unpaired) electrons. The van der Waals surface area contributed by atoms with Gasteiger partial charge >= 0.3 is 11.8 Å². The van der Waals surface area contributed by atoms with E-state index in [1.54, 1.807) is 40.5 Å². The van der Waals surface area contributed by atoms with E-state index in [1.807, 2.05) is 32.9 Å². The Morgan fingerprint density at radius 3 is 2.12 bits per heavy atom. The molecule has 32 heavy (non-hydrogen) atoms. The van der Waals surface area contributed by atoms with Gasteiger partial charge in [0, 0.05) is 31.7 Å². The SMILES string of the molecule is Cc1nn(Cc2ccc(C(=O)N3CCN(C(=O)OC(C)(C)C)CC3)cc2)c(C)c1[N+](=O)[O-]. The molecule has 1 aromatic carbocycles. The van der Waals surface area contributed by atoms with Gasteiger partial charge in [-0.3, -0.25) is 19.6 Å². The molecule has 0 unspecified atom stereocenters. The minimum absolute atomic E-state index is 0.0299. The predicted molar refractivity (Wildman–Crippen MR) is 118 cm³/mol. The van der Waals surface area contributed by atoms with E-state index < -0.39 is 10.5 Å². The zero-order valence-electron chi connectivity index (χ0n) is 19.1. The second kappa shape index (κ2) is 8.97. The summed E-state index contributed by atoms with van der Waals surface area (Å²) in [5.41, 5.74) is 1.79. The second-order valence-electron chi connectivity index (χ2n) is 8.89. The van der Waals surface area contributed by atoms with Crippen molar-refractivity contribution in [3.8, 4) is 0 Å². The number of benzene rings is 1. The number of aromatic nitrogens is 2. The Morgan fingerprint density at radius 2 is 1.62 bits per heavy atom. The highest BCUT2D eigenvalue weighted by Crippen LogP contribution is 2.23. The van der Waals surface area contributed by atoms with Crippen molar-refractivity contribution in [2.45, 2.75) is 46.8 Å². The van der Waals surface area contributed by atoms with Crippen LogP contribution in [0.5, 0.6) is 0 Å². The van der Waals surface area contributed by atoms with E-state index in [0.29, 0.717) is 49.7 Å². The van der Waals surface area contributed by atoms with Crippen molar-refractivity contribution in [1.82, 2.24) is 19.6 Å². The fourth-order valence-corrected chi connectivity index (χ4v) is 3.63. The molecule has 1 saturated heterocycles. The summed E-state index contributed by atoms with van der Waals surface area (Å²) in [5, 5.41) is 15.4. The van der Waals surface area contributed by atoms with Crippen LogP contribution in [0, 0.1) is 24.0 Å². The van der Waals surface area contributed by atoms with Gasteiger partial charge < -0.3 is 14.5 Å². The summed E-state index contributed by atoms with van der Waals surface area (Å²) < 4.78 is 6.99. The third-order valence-electron chi connectivity index (χ3n) is 5.28. The Kier molecular flexibility index (Phi) is 6.52. The third-order valence-corrected chi connectivity index (χ3v) is 5.28.